The van der Waals surface area contributed by atoms with Crippen molar-refractivity contribution in [1.82, 2.24) is 14.5 Å². The molecule has 9 nitrogen and oxygen atoms in total. The molecule has 2 aliphatic rings. The van der Waals surface area contributed by atoms with E-state index in [0.29, 0.717) is 26.3 Å². The van der Waals surface area contributed by atoms with Crippen LogP contribution < -0.4 is 10.6 Å². The molecule has 168 valence electrons. The van der Waals surface area contributed by atoms with Gasteiger partial charge in [-0.15, -0.1) is 0 Å². The maximum Gasteiger partial charge on any atom is 0.410 e. The number of aromatic nitrogens is 2. The van der Waals surface area contributed by atoms with Gasteiger partial charge in [0.2, 0.25) is 0 Å². The minimum atomic E-state index is -0.372. The number of carbonyl (C=O) groups excluding carboxylic acids is 1. The largest absolute Gasteiger partial charge is 0.441 e. The summed E-state index contributed by atoms with van der Waals surface area (Å²) in [6, 6.07) is 11.7. The molecule has 3 N–H and O–H groups in total. The van der Waals surface area contributed by atoms with Gasteiger partial charge in [0.15, 0.2) is 6.10 Å². The first kappa shape index (κ1) is 20.7. The summed E-state index contributed by atoms with van der Waals surface area (Å²) in [5, 5.41) is 13.7. The molecule has 2 fully saturated rings. The van der Waals surface area contributed by atoms with Crippen molar-refractivity contribution in [1.29, 1.82) is 0 Å². The highest BCUT2D eigenvalue weighted by molar-refractivity contribution is 5.80. The number of hydrogen-bond donors (Lipinski definition) is 2. The predicted octanol–water partition coefficient (Wildman–Crippen LogP) is 1.65. The van der Waals surface area contributed by atoms with Crippen LogP contribution in [0.3, 0.4) is 0 Å². The molecule has 0 radical (unpaired) electrons. The summed E-state index contributed by atoms with van der Waals surface area (Å²) in [5.74, 6) is 0. The lowest BCUT2D eigenvalue weighted by Crippen LogP contribution is -2.51. The van der Waals surface area contributed by atoms with E-state index >= 15 is 0 Å². The highest BCUT2D eigenvalue weighted by Gasteiger charge is 2.28. The summed E-state index contributed by atoms with van der Waals surface area (Å²) >= 11 is 0. The van der Waals surface area contributed by atoms with Crippen LogP contribution in [0.25, 0.3) is 16.6 Å². The number of ether oxygens (including phenoxy) is 2. The number of nitrogens with two attached hydrogens (primary N) is 1. The zero-order chi connectivity index (χ0) is 22.1. The summed E-state index contributed by atoms with van der Waals surface area (Å²) in [6.07, 6.45) is 3.45. The molecule has 1 aromatic carbocycles. The summed E-state index contributed by atoms with van der Waals surface area (Å²) in [7, 11) is 0. The number of aliphatic hydroxyl groups excluding tert-OH is 1. The fourth-order valence-corrected chi connectivity index (χ4v) is 4.08. The van der Waals surface area contributed by atoms with Crippen molar-refractivity contribution in [2.24, 2.45) is 5.73 Å². The van der Waals surface area contributed by atoms with E-state index in [4.69, 9.17) is 15.2 Å². The number of nitrogens with zero attached hydrogens (tertiary/aromatic N) is 4. The van der Waals surface area contributed by atoms with E-state index in [1.54, 1.807) is 11.1 Å². The highest BCUT2D eigenvalue weighted by atomic mass is 16.6. The number of anilines is 1. The number of carbonyl (C=O) groups is 1. The SMILES string of the molecule is N[C@H](CO)c1ccc(-c2cc3c(N4CCN(C(=O)OC5COC5)CC4)ccnn3c2)cc1. The predicted molar refractivity (Wildman–Crippen MR) is 120 cm³/mol. The molecule has 0 bridgehead atoms. The number of aliphatic hydroxyl groups is 1. The fourth-order valence-electron chi connectivity index (χ4n) is 4.08. The van der Waals surface area contributed by atoms with Gasteiger partial charge in [0.1, 0.15) is 0 Å². The first-order valence-electron chi connectivity index (χ1n) is 10.8. The number of piperazine rings is 1. The van der Waals surface area contributed by atoms with Gasteiger partial charge in [-0.2, -0.15) is 5.10 Å². The Bertz CT molecular complexity index is 1090. The van der Waals surface area contributed by atoms with Crippen molar-refractivity contribution in [3.63, 3.8) is 0 Å². The lowest BCUT2D eigenvalue weighted by atomic mass is 10.0. The molecule has 3 aromatic rings. The Morgan fingerprint density at radius 3 is 2.56 bits per heavy atom. The van der Waals surface area contributed by atoms with Gasteiger partial charge in [-0.25, -0.2) is 9.31 Å². The Kier molecular flexibility index (Phi) is 5.69. The summed E-state index contributed by atoms with van der Waals surface area (Å²) in [4.78, 5) is 16.3. The molecule has 2 aromatic heterocycles. The van der Waals surface area contributed by atoms with Gasteiger partial charge in [-0.3, -0.25) is 0 Å². The molecule has 0 spiro atoms. The van der Waals surface area contributed by atoms with Crippen LogP contribution in [0.1, 0.15) is 11.6 Å². The second-order valence-electron chi connectivity index (χ2n) is 8.20. The van der Waals surface area contributed by atoms with Crippen LogP contribution in [0.4, 0.5) is 10.5 Å². The molecule has 5 rings (SSSR count). The Morgan fingerprint density at radius 2 is 1.91 bits per heavy atom. The van der Waals surface area contributed by atoms with Gasteiger partial charge in [-0.05, 0) is 23.3 Å². The number of rotatable bonds is 5. The quantitative estimate of drug-likeness (QED) is 0.625. The molecule has 32 heavy (non-hydrogen) atoms. The molecule has 9 heteroatoms. The molecule has 1 amide bonds. The van der Waals surface area contributed by atoms with E-state index in [1.165, 1.54) is 0 Å². The van der Waals surface area contributed by atoms with E-state index in [0.717, 1.165) is 41.0 Å². The van der Waals surface area contributed by atoms with Crippen LogP contribution in [0.2, 0.25) is 0 Å². The van der Waals surface area contributed by atoms with Gasteiger partial charge in [0, 0.05) is 44.1 Å². The van der Waals surface area contributed by atoms with Crippen LogP contribution in [0, 0.1) is 0 Å². The van der Waals surface area contributed by atoms with Crippen LogP contribution in [0.5, 0.6) is 0 Å². The lowest BCUT2D eigenvalue weighted by molar-refractivity contribution is -0.104. The van der Waals surface area contributed by atoms with E-state index < -0.39 is 0 Å². The topological polar surface area (TPSA) is 106 Å². The zero-order valence-electron chi connectivity index (χ0n) is 17.8. The van der Waals surface area contributed by atoms with Gasteiger partial charge in [0.25, 0.3) is 0 Å². The van der Waals surface area contributed by atoms with Gasteiger partial charge < -0.3 is 30.1 Å². The summed E-state index contributed by atoms with van der Waals surface area (Å²) < 4.78 is 12.4. The number of hydrogen-bond acceptors (Lipinski definition) is 7. The molecule has 2 saturated heterocycles. The van der Waals surface area contributed by atoms with E-state index in [-0.39, 0.29) is 24.8 Å². The second kappa shape index (κ2) is 8.78. The summed E-state index contributed by atoms with van der Waals surface area (Å²) in [6.45, 7) is 3.58. The minimum Gasteiger partial charge on any atom is -0.441 e. The molecule has 4 heterocycles. The first-order valence-corrected chi connectivity index (χ1v) is 10.8. The number of fused-ring (bicyclic) bond motifs is 1. The van der Waals surface area contributed by atoms with Gasteiger partial charge in [-0.1, -0.05) is 24.3 Å². The average Bonchev–Trinajstić information content (AvgIpc) is 3.25. The molecule has 0 saturated carbocycles. The van der Waals surface area contributed by atoms with E-state index in [2.05, 4.69) is 16.1 Å². The highest BCUT2D eigenvalue weighted by Crippen LogP contribution is 2.29. The third-order valence-corrected chi connectivity index (χ3v) is 6.11. The lowest BCUT2D eigenvalue weighted by Gasteiger charge is -2.37. The standard InChI is InChI=1S/C23H27N5O4/c24-20(13-29)17-3-1-16(2-4-17)18-11-22-21(5-6-25-28(22)12-18)26-7-9-27(10-8-26)23(30)32-19-14-31-15-19/h1-6,11-12,19-20,29H,7-10,13-15,24H2/t20-/m1/s1. The maximum absolute atomic E-state index is 12.3. The molecule has 0 unspecified atom stereocenters. The first-order chi connectivity index (χ1) is 15.6. The minimum absolute atomic E-state index is 0.0806. The third-order valence-electron chi connectivity index (χ3n) is 6.11. The van der Waals surface area contributed by atoms with Crippen molar-refractivity contribution in [3.05, 3.63) is 54.4 Å². The van der Waals surface area contributed by atoms with Crippen molar-refractivity contribution < 1.29 is 19.4 Å². The van der Waals surface area contributed by atoms with Crippen molar-refractivity contribution >= 4 is 17.3 Å². The fraction of sp³-hybridized carbons (Fsp3) is 0.391. The Hall–Kier alpha value is -3.14. The smallest absolute Gasteiger partial charge is 0.410 e. The summed E-state index contributed by atoms with van der Waals surface area (Å²) in [5.41, 5.74) is 11.0. The second-order valence-corrected chi connectivity index (χ2v) is 8.20. The zero-order valence-corrected chi connectivity index (χ0v) is 17.8. The van der Waals surface area contributed by atoms with E-state index in [1.807, 2.05) is 41.0 Å². The van der Waals surface area contributed by atoms with E-state index in [9.17, 15) is 9.90 Å². The molecule has 2 aliphatic heterocycles. The van der Waals surface area contributed by atoms with Gasteiger partial charge in [0.05, 0.1) is 37.1 Å². The normalized spacial score (nSPS) is 17.9. The molecule has 0 aliphatic carbocycles. The Morgan fingerprint density at radius 1 is 1.16 bits per heavy atom. The molecular formula is C23H27N5O4. The number of benzene rings is 1. The maximum atomic E-state index is 12.3. The Labute approximate surface area is 185 Å². The van der Waals surface area contributed by atoms with Gasteiger partial charge >= 0.3 is 6.09 Å². The van der Waals surface area contributed by atoms with Crippen LogP contribution in [-0.2, 0) is 9.47 Å². The molecular weight excluding hydrogens is 410 g/mol. The average molecular weight is 438 g/mol. The monoisotopic (exact) mass is 437 g/mol. The number of amides is 1. The third kappa shape index (κ3) is 4.02. The van der Waals surface area contributed by atoms with Crippen LogP contribution >= 0.6 is 0 Å². The Balaban J connectivity index is 1.31. The van der Waals surface area contributed by atoms with Crippen molar-refractivity contribution in [2.75, 3.05) is 50.9 Å². The molecule has 1 atom stereocenters. The van der Waals surface area contributed by atoms with Crippen molar-refractivity contribution in [2.45, 2.75) is 12.1 Å². The van der Waals surface area contributed by atoms with Crippen LogP contribution in [0.15, 0.2) is 48.8 Å². The van der Waals surface area contributed by atoms with Crippen LogP contribution in [-0.4, -0.2) is 77.8 Å². The van der Waals surface area contributed by atoms with Crippen molar-refractivity contribution in [3.8, 4) is 11.1 Å².